The Hall–Kier alpha value is -5.81. The number of ketones is 1. The topological polar surface area (TPSA) is 64.0 Å². The number of benzene rings is 6. The molecule has 1 aliphatic carbocycles. The molecule has 5 heteroatoms. The summed E-state index contributed by atoms with van der Waals surface area (Å²) < 4.78 is 0. The van der Waals surface area contributed by atoms with Gasteiger partial charge in [0, 0.05) is 42.2 Å². The van der Waals surface area contributed by atoms with Crippen molar-refractivity contribution in [1.82, 2.24) is 0 Å². The third-order valence-electron chi connectivity index (χ3n) is 10.2. The Kier molecular flexibility index (Phi) is 8.49. The van der Waals surface area contributed by atoms with Crippen LogP contribution in [0.15, 0.2) is 133 Å². The van der Waals surface area contributed by atoms with Crippen LogP contribution in [-0.2, 0) is 15.6 Å². The van der Waals surface area contributed by atoms with Crippen molar-refractivity contribution < 1.29 is 15.0 Å². The van der Waals surface area contributed by atoms with E-state index >= 15 is 0 Å². The molecule has 0 aromatic heterocycles. The number of anilines is 4. The lowest BCUT2D eigenvalue weighted by molar-refractivity contribution is -0.112. The lowest BCUT2D eigenvalue weighted by Crippen LogP contribution is -2.14. The van der Waals surface area contributed by atoms with Crippen LogP contribution in [0.5, 0.6) is 0 Å². The van der Waals surface area contributed by atoms with Crippen molar-refractivity contribution >= 4 is 61.2 Å². The van der Waals surface area contributed by atoms with Gasteiger partial charge in [-0.25, -0.2) is 0 Å². The van der Waals surface area contributed by atoms with E-state index < -0.39 is 11.5 Å². The number of aliphatic hydroxyl groups excluding tert-OH is 2. The zero-order valence-corrected chi connectivity index (χ0v) is 31.2. The summed E-state index contributed by atoms with van der Waals surface area (Å²) in [6.45, 7) is 13.2. The average Bonchev–Trinajstić information content (AvgIpc) is 3.33. The highest BCUT2D eigenvalue weighted by molar-refractivity contribution is 6.37. The minimum Gasteiger partial charge on any atom is -0.506 e. The number of hydrogen-bond donors (Lipinski definition) is 2. The molecule has 0 spiro atoms. The molecule has 0 fully saturated rings. The molecule has 5 nitrogen and oxygen atoms in total. The zero-order valence-electron chi connectivity index (χ0n) is 31.2. The number of Topliss-reactive ketones (excluding diaryl/α,β-unsaturated/α-hetero) is 1. The normalized spacial score (nSPS) is 13.8. The molecular weight excluding hydrogens is 641 g/mol. The smallest absolute Gasteiger partial charge is 0.232 e. The Bertz CT molecular complexity index is 2340. The van der Waals surface area contributed by atoms with Crippen LogP contribution in [0.25, 0.3) is 32.7 Å². The Balaban J connectivity index is 1.31. The quantitative estimate of drug-likeness (QED) is 0.171. The Morgan fingerprint density at radius 2 is 0.981 bits per heavy atom. The number of carbonyl (C=O) groups is 1. The van der Waals surface area contributed by atoms with Crippen LogP contribution in [0.4, 0.5) is 22.7 Å². The van der Waals surface area contributed by atoms with Gasteiger partial charge in [-0.1, -0.05) is 108 Å². The maximum absolute atomic E-state index is 13.8. The van der Waals surface area contributed by atoms with Gasteiger partial charge in [0.2, 0.25) is 5.78 Å². The average molecular weight is 687 g/mol. The minimum absolute atomic E-state index is 0.0236. The summed E-state index contributed by atoms with van der Waals surface area (Å²) in [5.74, 6) is -1.28. The number of aliphatic hydroxyl groups is 2. The van der Waals surface area contributed by atoms with E-state index in [1.165, 1.54) is 11.1 Å². The molecule has 6 aromatic carbocycles. The van der Waals surface area contributed by atoms with Crippen LogP contribution < -0.4 is 9.80 Å². The minimum atomic E-state index is -0.599. The fraction of sp³-hybridized carbons (Fsp3) is 0.213. The number of nitrogens with zero attached hydrogens (tertiary/aromatic N) is 2. The van der Waals surface area contributed by atoms with E-state index in [9.17, 15) is 15.0 Å². The Morgan fingerprint density at radius 3 is 1.44 bits per heavy atom. The van der Waals surface area contributed by atoms with E-state index in [0.29, 0.717) is 11.1 Å². The van der Waals surface area contributed by atoms with Gasteiger partial charge in [0.15, 0.2) is 5.76 Å². The third kappa shape index (κ3) is 6.11. The SMILES string of the molecule is CN(C)c1ccc(C2=C(O)C(=O)C(c3ccc(N(c4ccc(C(C)(C)C)cc4)c4ccc(C(C)(C)C)cc4)cc3)=C2O)c2cc3ccccc3cc12. The van der Waals surface area contributed by atoms with Crippen molar-refractivity contribution in [2.75, 3.05) is 23.9 Å². The fourth-order valence-electron chi connectivity index (χ4n) is 7.17. The second-order valence-electron chi connectivity index (χ2n) is 16.0. The molecule has 7 rings (SSSR count). The number of fused-ring (bicyclic) bond motifs is 2. The maximum atomic E-state index is 13.8. The molecule has 0 aliphatic heterocycles. The molecule has 0 unspecified atom stereocenters. The van der Waals surface area contributed by atoms with Crippen molar-refractivity contribution in [1.29, 1.82) is 0 Å². The van der Waals surface area contributed by atoms with E-state index in [0.717, 1.165) is 44.3 Å². The number of hydrogen-bond acceptors (Lipinski definition) is 5. The lowest BCUT2D eigenvalue weighted by atomic mass is 9.86. The fourth-order valence-corrected chi connectivity index (χ4v) is 7.17. The summed E-state index contributed by atoms with van der Waals surface area (Å²) in [5.41, 5.74) is 7.81. The van der Waals surface area contributed by atoms with Crippen LogP contribution in [0.2, 0.25) is 0 Å². The number of rotatable bonds is 6. The second-order valence-corrected chi connectivity index (χ2v) is 16.0. The van der Waals surface area contributed by atoms with Gasteiger partial charge in [0.1, 0.15) is 5.76 Å². The molecule has 262 valence electrons. The molecule has 2 N–H and O–H groups in total. The molecular formula is C47H46N2O3. The zero-order chi connectivity index (χ0) is 37.1. The molecule has 0 amide bonds. The van der Waals surface area contributed by atoms with Crippen molar-refractivity contribution in [2.45, 2.75) is 52.4 Å². The summed E-state index contributed by atoms with van der Waals surface area (Å²) in [5, 5.41) is 27.1. The van der Waals surface area contributed by atoms with E-state index in [1.54, 1.807) is 0 Å². The van der Waals surface area contributed by atoms with Crippen molar-refractivity contribution in [3.05, 3.63) is 155 Å². The molecule has 0 bridgehead atoms. The van der Waals surface area contributed by atoms with Gasteiger partial charge in [-0.15, -0.1) is 0 Å². The molecule has 0 heterocycles. The Morgan fingerprint density at radius 1 is 0.519 bits per heavy atom. The number of allylic oxidation sites excluding steroid dienone is 2. The van der Waals surface area contributed by atoms with Crippen molar-refractivity contribution in [3.8, 4) is 0 Å². The first-order valence-electron chi connectivity index (χ1n) is 17.8. The van der Waals surface area contributed by atoms with Gasteiger partial charge >= 0.3 is 0 Å². The first-order chi connectivity index (χ1) is 24.6. The van der Waals surface area contributed by atoms with Crippen LogP contribution in [-0.4, -0.2) is 30.1 Å². The van der Waals surface area contributed by atoms with Gasteiger partial charge < -0.3 is 20.0 Å². The molecule has 1 aliphatic rings. The lowest BCUT2D eigenvalue weighted by Gasteiger charge is -2.28. The standard InChI is InChI=1S/C47H46N2O3/c1-46(2,3)32-15-21-35(22-16-32)49(36-23-17-33(18-24-36)47(4,5)6)34-19-13-29(14-20-34)41-43(50)42(45(52)44(41)51)37-25-26-40(48(7)8)39-28-31-12-10-9-11-30(31)27-38(37)39/h9-28,50H,1-8H3,(H,51,52). The summed E-state index contributed by atoms with van der Waals surface area (Å²) >= 11 is 0. The molecule has 0 radical (unpaired) electrons. The highest BCUT2D eigenvalue weighted by Gasteiger charge is 2.35. The molecule has 0 atom stereocenters. The summed E-state index contributed by atoms with van der Waals surface area (Å²) in [7, 11) is 3.98. The van der Waals surface area contributed by atoms with Gasteiger partial charge in [-0.3, -0.25) is 4.79 Å². The maximum Gasteiger partial charge on any atom is 0.232 e. The van der Waals surface area contributed by atoms with E-state index in [4.69, 9.17) is 0 Å². The molecule has 6 aromatic rings. The van der Waals surface area contributed by atoms with Gasteiger partial charge in [0.25, 0.3) is 0 Å². The third-order valence-corrected chi connectivity index (χ3v) is 10.2. The molecule has 0 saturated carbocycles. The van der Waals surface area contributed by atoms with Crippen molar-refractivity contribution in [2.24, 2.45) is 0 Å². The highest BCUT2D eigenvalue weighted by Crippen LogP contribution is 2.44. The van der Waals surface area contributed by atoms with Crippen LogP contribution in [0, 0.1) is 0 Å². The molecule has 0 saturated heterocycles. The summed E-state index contributed by atoms with van der Waals surface area (Å²) in [6.07, 6.45) is 0. The predicted octanol–water partition coefficient (Wildman–Crippen LogP) is 11.9. The molecule has 52 heavy (non-hydrogen) atoms. The first kappa shape index (κ1) is 34.6. The first-order valence-corrected chi connectivity index (χ1v) is 17.8. The van der Waals surface area contributed by atoms with Crippen LogP contribution >= 0.6 is 0 Å². The monoisotopic (exact) mass is 686 g/mol. The Labute approximate surface area is 306 Å². The van der Waals surface area contributed by atoms with Crippen molar-refractivity contribution in [3.63, 3.8) is 0 Å². The number of carbonyl (C=O) groups excluding carboxylic acids is 1. The summed E-state index contributed by atoms with van der Waals surface area (Å²) in [4.78, 5) is 18.0. The van der Waals surface area contributed by atoms with E-state index in [1.807, 2.05) is 73.6 Å². The summed E-state index contributed by atoms with van der Waals surface area (Å²) in [6, 6.07) is 41.0. The van der Waals surface area contributed by atoms with Gasteiger partial charge in [-0.05, 0) is 104 Å². The van der Waals surface area contributed by atoms with Gasteiger partial charge in [0.05, 0.1) is 11.1 Å². The highest BCUT2D eigenvalue weighted by atomic mass is 16.3. The largest absolute Gasteiger partial charge is 0.506 e. The van der Waals surface area contributed by atoms with E-state index in [-0.39, 0.29) is 27.7 Å². The van der Waals surface area contributed by atoms with Crippen LogP contribution in [0.3, 0.4) is 0 Å². The van der Waals surface area contributed by atoms with E-state index in [2.05, 4.69) is 113 Å². The predicted molar refractivity (Wildman–Crippen MR) is 218 cm³/mol. The van der Waals surface area contributed by atoms with Gasteiger partial charge in [-0.2, -0.15) is 0 Å². The van der Waals surface area contributed by atoms with Crippen LogP contribution in [0.1, 0.15) is 63.8 Å². The second kappa shape index (κ2) is 12.8.